The van der Waals surface area contributed by atoms with E-state index in [-0.39, 0.29) is 73.9 Å². The SMILES string of the molecule is C=CC(=O)N1[C@H](C)CN(c2nc(=O)n3c4c(c(-c5ccc(F)c6sc(=O)[nH]c56)c(C(F)(F)F)cc24)SCC2(CSC2)C3)C[C@@H]1C. The van der Waals surface area contributed by atoms with Crippen molar-refractivity contribution in [2.75, 3.05) is 35.2 Å². The molecule has 5 heterocycles. The van der Waals surface area contributed by atoms with Crippen molar-refractivity contribution in [3.05, 3.63) is 62.4 Å². The normalized spacial score (nSPS) is 21.3. The van der Waals surface area contributed by atoms with Crippen LogP contribution in [0.2, 0.25) is 0 Å². The van der Waals surface area contributed by atoms with Crippen molar-refractivity contribution in [1.82, 2.24) is 19.4 Å². The first-order valence-electron chi connectivity index (χ1n) is 14.2. The Morgan fingerprint density at radius 1 is 1.16 bits per heavy atom. The maximum Gasteiger partial charge on any atom is 0.417 e. The molecule has 3 aliphatic rings. The number of rotatable bonds is 3. The molecule has 2 saturated heterocycles. The van der Waals surface area contributed by atoms with Gasteiger partial charge in [-0.2, -0.15) is 29.9 Å². The van der Waals surface area contributed by atoms with Crippen molar-refractivity contribution in [3.8, 4) is 11.1 Å². The largest absolute Gasteiger partial charge is 0.417 e. The van der Waals surface area contributed by atoms with Crippen molar-refractivity contribution < 1.29 is 22.4 Å². The molecule has 3 aliphatic heterocycles. The highest BCUT2D eigenvalue weighted by Gasteiger charge is 2.44. The number of piperazine rings is 1. The maximum absolute atomic E-state index is 15.2. The van der Waals surface area contributed by atoms with Crippen LogP contribution in [0.5, 0.6) is 0 Å². The summed E-state index contributed by atoms with van der Waals surface area (Å²) in [6.45, 7) is 8.05. The van der Waals surface area contributed by atoms with E-state index in [2.05, 4.69) is 16.5 Å². The molecule has 2 atom stereocenters. The third-order valence-corrected chi connectivity index (χ3v) is 12.8. The van der Waals surface area contributed by atoms with Crippen LogP contribution in [-0.4, -0.2) is 67.8 Å². The second-order valence-corrected chi connectivity index (χ2v) is 14.9. The van der Waals surface area contributed by atoms with E-state index in [0.717, 1.165) is 23.6 Å². The number of amides is 1. The minimum absolute atomic E-state index is 0.0151. The van der Waals surface area contributed by atoms with E-state index in [0.29, 0.717) is 29.2 Å². The zero-order chi connectivity index (χ0) is 32.0. The second kappa shape index (κ2) is 10.6. The average Bonchev–Trinajstić information content (AvgIpc) is 3.25. The number of H-pyrrole nitrogens is 1. The van der Waals surface area contributed by atoms with Crippen LogP contribution in [0.4, 0.5) is 23.4 Å². The number of benzene rings is 2. The molecule has 8 nitrogen and oxygen atoms in total. The lowest BCUT2D eigenvalue weighted by molar-refractivity contribution is -0.137. The molecule has 236 valence electrons. The lowest BCUT2D eigenvalue weighted by atomic mass is 9.93. The van der Waals surface area contributed by atoms with E-state index in [1.54, 1.807) is 21.6 Å². The van der Waals surface area contributed by atoms with Gasteiger partial charge in [-0.05, 0) is 38.1 Å². The minimum Gasteiger partial charge on any atom is -0.352 e. The second-order valence-electron chi connectivity index (χ2n) is 12.0. The first-order chi connectivity index (χ1) is 21.3. The maximum atomic E-state index is 15.2. The number of aromatic amines is 1. The molecular formula is C30H27F4N5O3S3. The number of halogens is 4. The molecule has 45 heavy (non-hydrogen) atoms. The van der Waals surface area contributed by atoms with Gasteiger partial charge in [0.25, 0.3) is 0 Å². The van der Waals surface area contributed by atoms with E-state index < -0.39 is 28.1 Å². The molecule has 0 radical (unpaired) electrons. The number of alkyl halides is 3. The Morgan fingerprint density at radius 3 is 2.49 bits per heavy atom. The summed E-state index contributed by atoms with van der Waals surface area (Å²) in [5, 5.41) is 0.178. The van der Waals surface area contributed by atoms with Gasteiger partial charge in [-0.1, -0.05) is 17.9 Å². The molecule has 1 N–H and O–H groups in total. The zero-order valence-electron chi connectivity index (χ0n) is 24.2. The van der Waals surface area contributed by atoms with E-state index in [4.69, 9.17) is 0 Å². The van der Waals surface area contributed by atoms with Crippen LogP contribution in [-0.2, 0) is 17.5 Å². The number of nitrogens with one attached hydrogen (secondary N) is 1. The third kappa shape index (κ3) is 4.80. The number of carbonyl (C=O) groups excluding carboxylic acids is 1. The van der Waals surface area contributed by atoms with E-state index >= 15 is 13.2 Å². The van der Waals surface area contributed by atoms with Crippen LogP contribution >= 0.6 is 34.9 Å². The number of hydrogen-bond acceptors (Lipinski definition) is 8. The Balaban J connectivity index is 1.55. The van der Waals surface area contributed by atoms with Crippen LogP contribution in [0.3, 0.4) is 0 Å². The van der Waals surface area contributed by atoms with Crippen molar-refractivity contribution in [2.24, 2.45) is 5.41 Å². The summed E-state index contributed by atoms with van der Waals surface area (Å²) in [4.78, 5) is 48.8. The molecule has 0 aliphatic carbocycles. The van der Waals surface area contributed by atoms with Crippen LogP contribution in [0.1, 0.15) is 19.4 Å². The van der Waals surface area contributed by atoms with Gasteiger partial charge in [-0.25, -0.2) is 9.18 Å². The van der Waals surface area contributed by atoms with Crippen molar-refractivity contribution in [1.29, 1.82) is 0 Å². The highest BCUT2D eigenvalue weighted by molar-refractivity contribution is 8.01. The fourth-order valence-corrected chi connectivity index (χ4v) is 10.5. The smallest absolute Gasteiger partial charge is 0.352 e. The summed E-state index contributed by atoms with van der Waals surface area (Å²) in [6, 6.07) is 2.71. The molecule has 0 bridgehead atoms. The fourth-order valence-electron chi connectivity index (χ4n) is 6.83. The Morgan fingerprint density at radius 2 is 1.87 bits per heavy atom. The number of carbonyl (C=O) groups is 1. The summed E-state index contributed by atoms with van der Waals surface area (Å²) in [7, 11) is 0. The molecular weight excluding hydrogens is 651 g/mol. The first kappa shape index (κ1) is 30.4. The summed E-state index contributed by atoms with van der Waals surface area (Å²) in [5.41, 5.74) is -1.68. The predicted octanol–water partition coefficient (Wildman–Crippen LogP) is 5.57. The molecule has 2 aromatic heterocycles. The molecule has 2 aromatic carbocycles. The molecule has 4 aromatic rings. The highest BCUT2D eigenvalue weighted by atomic mass is 32.2. The van der Waals surface area contributed by atoms with Crippen molar-refractivity contribution in [2.45, 2.75) is 43.5 Å². The zero-order valence-corrected chi connectivity index (χ0v) is 26.6. The van der Waals surface area contributed by atoms with Crippen LogP contribution in [0.15, 0.2) is 45.3 Å². The lowest BCUT2D eigenvalue weighted by Crippen LogP contribution is -2.58. The Bertz CT molecular complexity index is 2020. The standard InChI is InChI=1S/C30H27F4N5O3S3/c1-4-20(40)39-14(2)8-37(9-15(39)3)26-17-7-18(30(32,33)34)21(16-5-6-19(31)24-22(16)35-28(42)45-24)25-23(17)38(27(41)36-26)10-29(13-44-25)11-43-12-29/h4-7,14-15H,1,8-13H2,2-3H3,(H,35,42)/t14-,15+. The van der Waals surface area contributed by atoms with Gasteiger partial charge in [-0.3, -0.25) is 14.2 Å². The van der Waals surface area contributed by atoms with Gasteiger partial charge < -0.3 is 14.8 Å². The summed E-state index contributed by atoms with van der Waals surface area (Å²) < 4.78 is 61.7. The molecule has 1 amide bonds. The molecule has 7 rings (SSSR count). The Labute approximate surface area is 266 Å². The number of thiazole rings is 1. The van der Waals surface area contributed by atoms with Gasteiger partial charge in [0.2, 0.25) is 5.91 Å². The van der Waals surface area contributed by atoms with Crippen molar-refractivity contribution in [3.63, 3.8) is 0 Å². The van der Waals surface area contributed by atoms with Gasteiger partial charge in [-0.15, -0.1) is 11.8 Å². The van der Waals surface area contributed by atoms with Crippen LogP contribution in [0.25, 0.3) is 32.2 Å². The van der Waals surface area contributed by atoms with E-state index in [9.17, 15) is 18.8 Å². The summed E-state index contributed by atoms with van der Waals surface area (Å²) in [5.74, 6) is 1.13. The van der Waals surface area contributed by atoms with Crippen LogP contribution in [0, 0.1) is 11.2 Å². The first-order valence-corrected chi connectivity index (χ1v) is 17.2. The molecule has 1 spiro atoms. The minimum atomic E-state index is -4.85. The molecule has 15 heteroatoms. The van der Waals surface area contributed by atoms with E-state index in [1.165, 1.54) is 28.5 Å². The fraction of sp³-hybridized carbons (Fsp3) is 0.400. The van der Waals surface area contributed by atoms with Crippen molar-refractivity contribution >= 4 is 67.7 Å². The summed E-state index contributed by atoms with van der Waals surface area (Å²) >= 11 is 3.57. The quantitative estimate of drug-likeness (QED) is 0.224. The summed E-state index contributed by atoms with van der Waals surface area (Å²) in [6.07, 6.45) is -3.61. The predicted molar refractivity (Wildman–Crippen MR) is 171 cm³/mol. The number of nitrogens with zero attached hydrogens (tertiary/aromatic N) is 4. The topological polar surface area (TPSA) is 91.3 Å². The molecule has 0 unspecified atom stereocenters. The average molecular weight is 678 g/mol. The monoisotopic (exact) mass is 677 g/mol. The highest BCUT2D eigenvalue weighted by Crippen LogP contribution is 2.53. The van der Waals surface area contributed by atoms with Gasteiger partial charge in [0.15, 0.2) is 0 Å². The Kier molecular flexibility index (Phi) is 7.17. The van der Waals surface area contributed by atoms with Gasteiger partial charge >= 0.3 is 16.7 Å². The lowest BCUT2D eigenvalue weighted by Gasteiger charge is -2.44. The van der Waals surface area contributed by atoms with Gasteiger partial charge in [0, 0.05) is 75.8 Å². The number of aromatic nitrogens is 3. The number of hydrogen-bond donors (Lipinski definition) is 1. The Hall–Kier alpha value is -3.30. The number of fused-ring (bicyclic) bond motifs is 1. The molecule has 0 saturated carbocycles. The third-order valence-electron chi connectivity index (χ3n) is 8.79. The van der Waals surface area contributed by atoms with E-state index in [1.807, 2.05) is 13.8 Å². The molecule has 2 fully saturated rings. The number of anilines is 1. The number of thioether (sulfide) groups is 2. The van der Waals surface area contributed by atoms with Gasteiger partial charge in [0.1, 0.15) is 11.6 Å². The van der Waals surface area contributed by atoms with Gasteiger partial charge in [0.05, 0.1) is 21.3 Å². The van der Waals surface area contributed by atoms with Crippen LogP contribution < -0.4 is 15.5 Å².